The maximum atomic E-state index is 6.56. The second-order valence-corrected chi connectivity index (χ2v) is 14.1. The minimum absolute atomic E-state index is 0.228. The Balaban J connectivity index is 1.34. The highest BCUT2D eigenvalue weighted by Gasteiger charge is 2.25. The van der Waals surface area contributed by atoms with Crippen molar-refractivity contribution in [3.63, 3.8) is 0 Å². The second-order valence-electron chi connectivity index (χ2n) is 14.1. The normalized spacial score (nSPS) is 14.8. The third kappa shape index (κ3) is 8.13. The molecule has 55 heavy (non-hydrogen) atoms. The SMILES string of the molecule is C#CC(C1=CC(c2cc(C(/C=C\C)=C/C=C)cc(-c3ccccc3)c2)=CCC1C)c1cc(-c2cc(-c3ccccc3)cc(-c3ccccc3)c2)ccc1C=C. The standard InChI is InChI=1S/C55H46/c1-6-19-41(20-7-2)47-31-48(42-21-13-10-14-22-42)34-51(33-47)45-28-27-39(5)54(37-45)53(9-4)55-38-46(30-29-40(55)8-3)52-35-49(43-23-15-11-16-24-43)32-50(36-52)44-25-17-12-18-26-44/h4,6-8,10-26,28-39,53H,1,3,27H2,2,5H3/b20-7-,41-19+. The maximum Gasteiger partial charge on any atom is 0.0671 e. The van der Waals surface area contributed by atoms with Gasteiger partial charge in [0, 0.05) is 0 Å². The first-order chi connectivity index (χ1) is 27.0. The molecule has 7 rings (SSSR count). The molecule has 0 aromatic heterocycles. The van der Waals surface area contributed by atoms with E-state index in [-0.39, 0.29) is 11.8 Å². The molecule has 0 heteroatoms. The van der Waals surface area contributed by atoms with Crippen LogP contribution in [0.15, 0.2) is 201 Å². The van der Waals surface area contributed by atoms with Gasteiger partial charge in [-0.1, -0.05) is 172 Å². The quantitative estimate of drug-likeness (QED) is 0.0929. The van der Waals surface area contributed by atoms with Gasteiger partial charge in [-0.25, -0.2) is 0 Å². The van der Waals surface area contributed by atoms with Gasteiger partial charge >= 0.3 is 0 Å². The number of rotatable bonds is 11. The molecule has 2 atom stereocenters. The minimum Gasteiger partial charge on any atom is -0.119 e. The lowest BCUT2D eigenvalue weighted by atomic mass is 9.76. The van der Waals surface area contributed by atoms with Crippen molar-refractivity contribution < 1.29 is 0 Å². The molecule has 1 aliphatic carbocycles. The fraction of sp³-hybridized carbons (Fsp3) is 0.0909. The summed E-state index contributed by atoms with van der Waals surface area (Å²) in [5.74, 6) is 3.29. The first-order valence-corrected chi connectivity index (χ1v) is 19.1. The zero-order valence-electron chi connectivity index (χ0n) is 31.8. The van der Waals surface area contributed by atoms with Crippen molar-refractivity contribution in [2.24, 2.45) is 5.92 Å². The Morgan fingerprint density at radius 2 is 1.18 bits per heavy atom. The van der Waals surface area contributed by atoms with Crippen molar-refractivity contribution in [2.45, 2.75) is 26.2 Å². The Morgan fingerprint density at radius 3 is 1.71 bits per heavy atom. The zero-order chi connectivity index (χ0) is 38.1. The fourth-order valence-electron chi connectivity index (χ4n) is 7.65. The monoisotopic (exact) mass is 706 g/mol. The molecule has 0 radical (unpaired) electrons. The molecule has 0 nitrogen and oxygen atoms in total. The Labute approximate surface area is 328 Å². The molecule has 0 heterocycles. The van der Waals surface area contributed by atoms with Gasteiger partial charge in [0.15, 0.2) is 0 Å². The smallest absolute Gasteiger partial charge is 0.0671 e. The fourth-order valence-corrected chi connectivity index (χ4v) is 7.65. The molecule has 266 valence electrons. The Kier molecular flexibility index (Phi) is 11.3. The van der Waals surface area contributed by atoms with Crippen LogP contribution in [0.25, 0.3) is 61.7 Å². The molecule has 0 fully saturated rings. The predicted octanol–water partition coefficient (Wildman–Crippen LogP) is 14.9. The number of benzene rings is 6. The molecule has 0 aliphatic heterocycles. The van der Waals surface area contributed by atoms with Crippen LogP contribution in [0.1, 0.15) is 48.4 Å². The minimum atomic E-state index is -0.228. The van der Waals surface area contributed by atoms with Gasteiger partial charge < -0.3 is 0 Å². The Hall–Kier alpha value is -6.68. The summed E-state index contributed by atoms with van der Waals surface area (Å²) in [6.07, 6.45) is 22.3. The topological polar surface area (TPSA) is 0 Å². The maximum absolute atomic E-state index is 6.56. The third-order valence-electron chi connectivity index (χ3n) is 10.5. The second kappa shape index (κ2) is 17.0. The molecular formula is C55H46. The number of allylic oxidation sites excluding steroid dienone is 9. The van der Waals surface area contributed by atoms with E-state index < -0.39 is 0 Å². The highest BCUT2D eigenvalue weighted by Crippen LogP contribution is 2.42. The van der Waals surface area contributed by atoms with E-state index in [9.17, 15) is 0 Å². The summed E-state index contributed by atoms with van der Waals surface area (Å²) in [5.41, 5.74) is 17.4. The molecule has 0 N–H and O–H groups in total. The summed E-state index contributed by atoms with van der Waals surface area (Å²) in [4.78, 5) is 0. The third-order valence-corrected chi connectivity index (χ3v) is 10.5. The van der Waals surface area contributed by atoms with Crippen molar-refractivity contribution >= 4 is 17.2 Å². The summed E-state index contributed by atoms with van der Waals surface area (Å²) in [6.45, 7) is 12.6. The van der Waals surface area contributed by atoms with Crippen LogP contribution in [0.3, 0.4) is 0 Å². The highest BCUT2D eigenvalue weighted by molar-refractivity contribution is 5.86. The summed E-state index contributed by atoms with van der Waals surface area (Å²) < 4.78 is 0. The van der Waals surface area contributed by atoms with Gasteiger partial charge in [0.2, 0.25) is 0 Å². The van der Waals surface area contributed by atoms with Crippen LogP contribution in [0, 0.1) is 18.3 Å². The van der Waals surface area contributed by atoms with E-state index >= 15 is 0 Å². The molecule has 0 saturated carbocycles. The summed E-state index contributed by atoms with van der Waals surface area (Å²) in [6, 6.07) is 52.2. The van der Waals surface area contributed by atoms with E-state index in [1.54, 1.807) is 0 Å². The van der Waals surface area contributed by atoms with Crippen LogP contribution in [0.2, 0.25) is 0 Å². The Morgan fingerprint density at radius 1 is 0.655 bits per heavy atom. The molecule has 6 aromatic carbocycles. The van der Waals surface area contributed by atoms with Gasteiger partial charge in [0.25, 0.3) is 0 Å². The van der Waals surface area contributed by atoms with Gasteiger partial charge in [-0.05, 0) is 145 Å². The lowest BCUT2D eigenvalue weighted by Gasteiger charge is -2.27. The van der Waals surface area contributed by atoms with Crippen LogP contribution in [-0.2, 0) is 0 Å². The average molecular weight is 707 g/mol. The first-order valence-electron chi connectivity index (χ1n) is 19.1. The van der Waals surface area contributed by atoms with Crippen molar-refractivity contribution in [1.82, 2.24) is 0 Å². The largest absolute Gasteiger partial charge is 0.119 e. The first kappa shape index (κ1) is 36.7. The van der Waals surface area contributed by atoms with Crippen LogP contribution in [0.4, 0.5) is 0 Å². The van der Waals surface area contributed by atoms with Crippen molar-refractivity contribution in [2.75, 3.05) is 0 Å². The van der Waals surface area contributed by atoms with Crippen LogP contribution in [-0.4, -0.2) is 0 Å². The van der Waals surface area contributed by atoms with E-state index in [1.165, 1.54) is 50.1 Å². The van der Waals surface area contributed by atoms with Crippen molar-refractivity contribution in [3.8, 4) is 56.9 Å². The summed E-state index contributed by atoms with van der Waals surface area (Å²) in [7, 11) is 0. The van der Waals surface area contributed by atoms with E-state index in [1.807, 2.05) is 19.1 Å². The Bertz CT molecular complexity index is 2440. The zero-order valence-corrected chi connectivity index (χ0v) is 31.8. The van der Waals surface area contributed by atoms with E-state index in [2.05, 4.69) is 202 Å². The molecule has 0 bridgehead atoms. The molecule has 6 aromatic rings. The van der Waals surface area contributed by atoms with Gasteiger partial charge in [0.05, 0.1) is 5.92 Å². The highest BCUT2D eigenvalue weighted by atomic mass is 14.3. The molecule has 2 unspecified atom stereocenters. The molecule has 0 amide bonds. The number of hydrogen-bond acceptors (Lipinski definition) is 0. The predicted molar refractivity (Wildman–Crippen MR) is 239 cm³/mol. The van der Waals surface area contributed by atoms with Crippen LogP contribution in [0.5, 0.6) is 0 Å². The van der Waals surface area contributed by atoms with Crippen molar-refractivity contribution in [3.05, 3.63) is 223 Å². The van der Waals surface area contributed by atoms with Crippen LogP contribution < -0.4 is 0 Å². The molecule has 0 spiro atoms. The van der Waals surface area contributed by atoms with Gasteiger partial charge in [0.1, 0.15) is 0 Å². The molecule has 1 aliphatic rings. The molecular weight excluding hydrogens is 661 g/mol. The molecule has 0 saturated heterocycles. The van der Waals surface area contributed by atoms with Gasteiger partial charge in [-0.2, -0.15) is 0 Å². The lowest BCUT2D eigenvalue weighted by Crippen LogP contribution is -2.13. The summed E-state index contributed by atoms with van der Waals surface area (Å²) >= 11 is 0. The van der Waals surface area contributed by atoms with Gasteiger partial charge in [-0.3, -0.25) is 0 Å². The number of hydrogen-bond donors (Lipinski definition) is 0. The average Bonchev–Trinajstić information content (AvgIpc) is 3.25. The number of terminal acetylenes is 1. The lowest BCUT2D eigenvalue weighted by molar-refractivity contribution is 0.651. The van der Waals surface area contributed by atoms with Crippen molar-refractivity contribution in [1.29, 1.82) is 0 Å². The van der Waals surface area contributed by atoms with E-state index in [4.69, 9.17) is 6.42 Å². The summed E-state index contributed by atoms with van der Waals surface area (Å²) in [5, 5.41) is 0. The van der Waals surface area contributed by atoms with E-state index in [0.717, 1.165) is 39.8 Å². The van der Waals surface area contributed by atoms with E-state index in [0.29, 0.717) is 0 Å². The van der Waals surface area contributed by atoms with Gasteiger partial charge in [-0.15, -0.1) is 6.42 Å². The van der Waals surface area contributed by atoms with Crippen LogP contribution >= 0.6 is 0 Å².